The molecule has 0 fully saturated rings. The number of carbonyl (C=O) groups is 2. The maximum atomic E-state index is 10.9. The van der Waals surface area contributed by atoms with Crippen molar-refractivity contribution in [1.29, 1.82) is 0 Å². The molecule has 0 saturated heterocycles. The van der Waals surface area contributed by atoms with Gasteiger partial charge in [-0.1, -0.05) is 58.3 Å². The van der Waals surface area contributed by atoms with Gasteiger partial charge in [-0.15, -0.1) is 0 Å². The summed E-state index contributed by atoms with van der Waals surface area (Å²) >= 11 is 0. The summed E-state index contributed by atoms with van der Waals surface area (Å²) in [6, 6.07) is 0. The quantitative estimate of drug-likeness (QED) is 0.192. The fourth-order valence-corrected chi connectivity index (χ4v) is 1.77. The van der Waals surface area contributed by atoms with Gasteiger partial charge in [0.15, 0.2) is 0 Å². The minimum atomic E-state index is -1.13. The van der Waals surface area contributed by atoms with Gasteiger partial charge in [0.1, 0.15) is 6.42 Å². The van der Waals surface area contributed by atoms with Crippen LogP contribution in [-0.4, -0.2) is 23.7 Å². The predicted molar refractivity (Wildman–Crippen MR) is 72.7 cm³/mol. The molecule has 0 aliphatic carbocycles. The summed E-state index contributed by atoms with van der Waals surface area (Å²) in [7, 11) is 0. The number of aliphatic carboxylic acids is 1. The Morgan fingerprint density at radius 3 is 1.85 bits per heavy atom. The molecule has 0 amide bonds. The van der Waals surface area contributed by atoms with Gasteiger partial charge < -0.3 is 12.7 Å². The fourth-order valence-electron chi connectivity index (χ4n) is 1.77. The number of carboxylic acids is 1. The Morgan fingerprint density at radius 2 is 1.40 bits per heavy atom. The Balaban J connectivity index is -0.000000241. The molecule has 0 aliphatic heterocycles. The number of hydrogen-bond acceptors (Lipinski definition) is 3. The van der Waals surface area contributed by atoms with Crippen LogP contribution in [0.15, 0.2) is 0 Å². The third kappa shape index (κ3) is 21.5. The number of carbonyl (C=O) groups excluding carboxylic acids is 1. The summed E-state index contributed by atoms with van der Waals surface area (Å²) in [4.78, 5) is 21.1. The summed E-state index contributed by atoms with van der Waals surface area (Å²) in [5.41, 5.74) is 0. The van der Waals surface area contributed by atoms with Crippen molar-refractivity contribution in [3.63, 3.8) is 0 Å². The summed E-state index contributed by atoms with van der Waals surface area (Å²) in [5, 5.41) is 8.34. The minimum absolute atomic E-state index is 0. The van der Waals surface area contributed by atoms with E-state index in [9.17, 15) is 9.59 Å². The van der Waals surface area contributed by atoms with Crippen molar-refractivity contribution in [1.82, 2.24) is 0 Å². The zero-order valence-corrected chi connectivity index (χ0v) is 16.6. The first-order valence-corrected chi connectivity index (χ1v) is 7.04. The van der Waals surface area contributed by atoms with E-state index in [1.807, 2.05) is 0 Å². The Morgan fingerprint density at radius 1 is 0.950 bits per heavy atom. The van der Waals surface area contributed by atoms with E-state index in [1.165, 1.54) is 44.9 Å². The van der Waals surface area contributed by atoms with Crippen molar-refractivity contribution in [2.75, 3.05) is 6.61 Å². The Kier molecular flexibility index (Phi) is 26.3. The van der Waals surface area contributed by atoms with E-state index in [2.05, 4.69) is 6.92 Å². The summed E-state index contributed by atoms with van der Waals surface area (Å²) in [6.45, 7) is 2.56. The van der Waals surface area contributed by atoms with Crippen molar-refractivity contribution < 1.29 is 92.5 Å². The molecule has 0 rings (SSSR count). The van der Waals surface area contributed by atoms with E-state index >= 15 is 0 Å². The molecule has 6 heteroatoms. The Labute approximate surface area is 180 Å². The summed E-state index contributed by atoms with van der Waals surface area (Å²) in [5.74, 6) is -1.77. The molecule has 0 aromatic heterocycles. The molecule has 0 heterocycles. The monoisotopic (exact) mass is 306 g/mol. The van der Waals surface area contributed by atoms with E-state index < -0.39 is 18.4 Å². The number of ether oxygens (including phenoxy) is 1. The largest absolute Gasteiger partial charge is 1.00 e. The molecule has 0 unspecified atom stereocenters. The molecule has 20 heavy (non-hydrogen) atoms. The topological polar surface area (TPSA) is 63.6 Å². The minimum Gasteiger partial charge on any atom is -1.00 e. The first kappa shape index (κ1) is 26.1. The first-order valence-electron chi connectivity index (χ1n) is 7.04. The predicted octanol–water partition coefficient (Wildman–Crippen LogP) is -2.23. The normalized spacial score (nSPS) is 9.25. The van der Waals surface area contributed by atoms with Crippen molar-refractivity contribution >= 4 is 11.9 Å². The van der Waals surface area contributed by atoms with Crippen LogP contribution in [-0.2, 0) is 14.3 Å². The summed E-state index contributed by atoms with van der Waals surface area (Å²) < 4.78 is 4.79. The van der Waals surface area contributed by atoms with Crippen molar-refractivity contribution in [2.24, 2.45) is 0 Å². The number of hydrogen-bond donors (Lipinski definition) is 1. The number of esters is 1. The molecule has 0 atom stereocenters. The molecule has 110 valence electrons. The molecular formula is C14H28KLiO4. The third-order valence-corrected chi connectivity index (χ3v) is 2.81. The van der Waals surface area contributed by atoms with Crippen LogP contribution in [0.4, 0.5) is 0 Å². The number of carboxylic acid groups (broad SMARTS) is 1. The fraction of sp³-hybridized carbons (Fsp3) is 0.857. The summed E-state index contributed by atoms with van der Waals surface area (Å²) in [6.07, 6.45) is 10.3. The van der Waals surface area contributed by atoms with Crippen LogP contribution in [0.5, 0.6) is 0 Å². The molecule has 0 saturated carbocycles. The first-order chi connectivity index (χ1) is 8.66. The molecule has 0 radical (unpaired) electrons. The van der Waals surface area contributed by atoms with Gasteiger partial charge in [-0.05, 0) is 6.42 Å². The SMILES string of the molecule is CCCCCCCCCCCOC(=O)CC(=O)O.[H-].[H-].[K+].[Li+]. The molecule has 0 bridgehead atoms. The number of unbranched alkanes of at least 4 members (excludes halogenated alkanes) is 8. The third-order valence-electron chi connectivity index (χ3n) is 2.81. The second-order valence-electron chi connectivity index (χ2n) is 4.62. The Hall–Kier alpha value is 1.17. The smallest absolute Gasteiger partial charge is 1.00 e. The molecule has 0 aromatic rings. The van der Waals surface area contributed by atoms with Crippen molar-refractivity contribution in [2.45, 2.75) is 71.1 Å². The van der Waals surface area contributed by atoms with Crippen LogP contribution in [0, 0.1) is 0 Å². The number of rotatable bonds is 12. The molecule has 0 aromatic carbocycles. The Bertz CT molecular complexity index is 247. The van der Waals surface area contributed by atoms with Gasteiger partial charge >= 0.3 is 82.2 Å². The van der Waals surface area contributed by atoms with Crippen LogP contribution in [0.2, 0.25) is 0 Å². The van der Waals surface area contributed by atoms with Crippen molar-refractivity contribution in [3.05, 3.63) is 0 Å². The van der Waals surface area contributed by atoms with Gasteiger partial charge in [-0.3, -0.25) is 9.59 Å². The van der Waals surface area contributed by atoms with Crippen LogP contribution in [0.1, 0.15) is 74.0 Å². The standard InChI is InChI=1S/C14H26O4.K.Li.2H/c1-2-3-4-5-6-7-8-9-10-11-18-14(17)12-13(15)16;;;;/h2-12H2,1H3,(H,15,16);;;;/q;2*+1;2*-1. The molecule has 0 spiro atoms. The second kappa shape index (κ2) is 20.2. The van der Waals surface area contributed by atoms with Gasteiger partial charge in [-0.25, -0.2) is 0 Å². The van der Waals surface area contributed by atoms with E-state index in [0.717, 1.165) is 12.8 Å². The molecular weight excluding hydrogens is 278 g/mol. The van der Waals surface area contributed by atoms with E-state index in [0.29, 0.717) is 6.61 Å². The van der Waals surface area contributed by atoms with E-state index in [1.54, 1.807) is 0 Å². The van der Waals surface area contributed by atoms with Gasteiger partial charge in [0.05, 0.1) is 6.61 Å². The van der Waals surface area contributed by atoms with Gasteiger partial charge in [0.25, 0.3) is 0 Å². The maximum absolute atomic E-state index is 10.9. The van der Waals surface area contributed by atoms with E-state index in [-0.39, 0.29) is 73.1 Å². The molecule has 1 N–H and O–H groups in total. The van der Waals surface area contributed by atoms with Crippen LogP contribution in [0.25, 0.3) is 0 Å². The van der Waals surface area contributed by atoms with Gasteiger partial charge in [0.2, 0.25) is 0 Å². The average Bonchev–Trinajstić information content (AvgIpc) is 2.30. The second-order valence-corrected chi connectivity index (χ2v) is 4.62. The van der Waals surface area contributed by atoms with E-state index in [4.69, 9.17) is 9.84 Å². The maximum Gasteiger partial charge on any atom is 1.00 e. The van der Waals surface area contributed by atoms with Crippen LogP contribution in [0.3, 0.4) is 0 Å². The van der Waals surface area contributed by atoms with Crippen molar-refractivity contribution in [3.8, 4) is 0 Å². The van der Waals surface area contributed by atoms with Gasteiger partial charge in [0, 0.05) is 0 Å². The zero-order valence-electron chi connectivity index (χ0n) is 15.5. The zero-order chi connectivity index (χ0) is 13.6. The van der Waals surface area contributed by atoms with Gasteiger partial charge in [-0.2, -0.15) is 0 Å². The molecule has 4 nitrogen and oxygen atoms in total. The van der Waals surface area contributed by atoms with Crippen LogP contribution >= 0.6 is 0 Å². The van der Waals surface area contributed by atoms with Crippen LogP contribution < -0.4 is 70.2 Å². The molecule has 0 aliphatic rings. The average molecular weight is 306 g/mol.